The number of ether oxygens (including phenoxy) is 1. The number of amides is 1. The van der Waals surface area contributed by atoms with Crippen LogP contribution in [0.5, 0.6) is 5.75 Å². The Morgan fingerprint density at radius 2 is 1.81 bits per heavy atom. The van der Waals surface area contributed by atoms with Crippen LogP contribution >= 0.6 is 0 Å². The molecule has 0 fully saturated rings. The topological polar surface area (TPSA) is 75.7 Å². The van der Waals surface area contributed by atoms with Crippen LogP contribution < -0.4 is 14.4 Å². The fraction of sp³-hybridized carbons (Fsp3) is 0.316. The maximum Gasteiger partial charge on any atom is 0.241 e. The molecule has 27 heavy (non-hydrogen) atoms. The molecule has 1 atom stereocenters. The molecule has 1 amide bonds. The molecule has 146 valence electrons. The summed E-state index contributed by atoms with van der Waals surface area (Å²) in [4.78, 5) is 12.5. The number of anilines is 1. The Labute approximate surface area is 159 Å². The average molecular weight is 394 g/mol. The number of nitrogens with zero attached hydrogens (tertiary/aromatic N) is 1. The molecule has 0 aliphatic heterocycles. The summed E-state index contributed by atoms with van der Waals surface area (Å²) in [7, 11) is -2.27. The minimum absolute atomic E-state index is 0.160. The summed E-state index contributed by atoms with van der Waals surface area (Å²) < 4.78 is 44.1. The van der Waals surface area contributed by atoms with Gasteiger partial charge in [-0.15, -0.1) is 0 Å². The van der Waals surface area contributed by atoms with E-state index in [-0.39, 0.29) is 11.7 Å². The van der Waals surface area contributed by atoms with Crippen molar-refractivity contribution >= 4 is 21.6 Å². The molecular formula is C19H23FN2O4S. The zero-order valence-corrected chi connectivity index (χ0v) is 16.3. The number of rotatable bonds is 8. The zero-order chi connectivity index (χ0) is 20.0. The Bertz CT molecular complexity index is 885. The molecule has 0 spiro atoms. The highest BCUT2D eigenvalue weighted by molar-refractivity contribution is 7.92. The maximum atomic E-state index is 14.0. The van der Waals surface area contributed by atoms with Crippen LogP contribution in [0, 0.1) is 5.82 Å². The molecular weight excluding hydrogens is 371 g/mol. The standard InChI is InChI=1S/C19H23FN2O4S/c1-4-17(14-9-11-15(26-2)12-10-14)21-19(23)13-22(27(3,24)25)18-8-6-5-7-16(18)20/h5-12,17H,4,13H2,1-3H3,(H,21,23)/t17-/m1/s1. The summed E-state index contributed by atoms with van der Waals surface area (Å²) >= 11 is 0. The van der Waals surface area contributed by atoms with Crippen molar-refractivity contribution in [1.29, 1.82) is 0 Å². The molecule has 0 saturated heterocycles. The summed E-state index contributed by atoms with van der Waals surface area (Å²) in [6.45, 7) is 1.40. The number of methoxy groups -OCH3 is 1. The largest absolute Gasteiger partial charge is 0.497 e. The monoisotopic (exact) mass is 394 g/mol. The maximum absolute atomic E-state index is 14.0. The van der Waals surface area contributed by atoms with Gasteiger partial charge in [0.25, 0.3) is 0 Å². The molecule has 0 bridgehead atoms. The van der Waals surface area contributed by atoms with Gasteiger partial charge >= 0.3 is 0 Å². The van der Waals surface area contributed by atoms with Crippen molar-refractivity contribution in [2.75, 3.05) is 24.2 Å². The number of carbonyl (C=O) groups excluding carboxylic acids is 1. The molecule has 2 aromatic rings. The molecule has 2 aromatic carbocycles. The van der Waals surface area contributed by atoms with Gasteiger partial charge in [0.2, 0.25) is 15.9 Å². The third-order valence-corrected chi connectivity index (χ3v) is 5.20. The van der Waals surface area contributed by atoms with Crippen LogP contribution in [0.1, 0.15) is 24.9 Å². The highest BCUT2D eigenvalue weighted by Gasteiger charge is 2.24. The molecule has 0 heterocycles. The van der Waals surface area contributed by atoms with Crippen molar-refractivity contribution in [2.24, 2.45) is 0 Å². The van der Waals surface area contributed by atoms with Gasteiger partial charge in [-0.25, -0.2) is 12.8 Å². The number of carbonyl (C=O) groups is 1. The summed E-state index contributed by atoms with van der Waals surface area (Å²) in [6.07, 6.45) is 1.55. The van der Waals surface area contributed by atoms with Crippen LogP contribution in [0.3, 0.4) is 0 Å². The Morgan fingerprint density at radius 3 is 2.33 bits per heavy atom. The minimum Gasteiger partial charge on any atom is -0.497 e. The third kappa shape index (κ3) is 5.43. The van der Waals surface area contributed by atoms with E-state index in [4.69, 9.17) is 4.74 Å². The number of benzene rings is 2. The van der Waals surface area contributed by atoms with E-state index in [0.29, 0.717) is 12.2 Å². The lowest BCUT2D eigenvalue weighted by molar-refractivity contribution is -0.120. The Balaban J connectivity index is 2.18. The Kier molecular flexibility index (Phi) is 6.79. The molecule has 0 aliphatic rings. The number of para-hydroxylation sites is 1. The first kappa shape index (κ1) is 20.7. The first-order valence-electron chi connectivity index (χ1n) is 8.41. The zero-order valence-electron chi connectivity index (χ0n) is 15.5. The first-order valence-corrected chi connectivity index (χ1v) is 10.3. The number of hydrogen-bond donors (Lipinski definition) is 1. The fourth-order valence-electron chi connectivity index (χ4n) is 2.66. The van der Waals surface area contributed by atoms with Gasteiger partial charge in [-0.1, -0.05) is 31.2 Å². The smallest absolute Gasteiger partial charge is 0.241 e. The number of sulfonamides is 1. The van der Waals surface area contributed by atoms with E-state index >= 15 is 0 Å². The molecule has 0 saturated carbocycles. The number of nitrogens with one attached hydrogen (secondary N) is 1. The van der Waals surface area contributed by atoms with Crippen LogP contribution in [-0.2, 0) is 14.8 Å². The predicted molar refractivity (Wildman–Crippen MR) is 103 cm³/mol. The van der Waals surface area contributed by atoms with Crippen LogP contribution in [0.15, 0.2) is 48.5 Å². The summed E-state index contributed by atoms with van der Waals surface area (Å²) in [5.74, 6) is -0.535. The first-order chi connectivity index (χ1) is 12.8. The second-order valence-electron chi connectivity index (χ2n) is 6.02. The summed E-state index contributed by atoms with van der Waals surface area (Å²) in [5.41, 5.74) is 0.705. The van der Waals surface area contributed by atoms with Crippen molar-refractivity contribution in [3.8, 4) is 5.75 Å². The van der Waals surface area contributed by atoms with E-state index in [2.05, 4.69) is 5.32 Å². The van der Waals surface area contributed by atoms with Gasteiger partial charge in [-0.2, -0.15) is 0 Å². The molecule has 0 unspecified atom stereocenters. The summed E-state index contributed by atoms with van der Waals surface area (Å²) in [5, 5.41) is 2.80. The van der Waals surface area contributed by atoms with Crippen LogP contribution in [0.4, 0.5) is 10.1 Å². The lowest BCUT2D eigenvalue weighted by Crippen LogP contribution is -2.41. The molecule has 8 heteroatoms. The number of halogens is 1. The highest BCUT2D eigenvalue weighted by atomic mass is 32.2. The van der Waals surface area contributed by atoms with Crippen molar-refractivity contribution in [1.82, 2.24) is 5.32 Å². The highest BCUT2D eigenvalue weighted by Crippen LogP contribution is 2.22. The second kappa shape index (κ2) is 8.85. The van der Waals surface area contributed by atoms with Gasteiger partial charge in [0.05, 0.1) is 25.1 Å². The minimum atomic E-state index is -3.84. The van der Waals surface area contributed by atoms with E-state index in [1.807, 2.05) is 19.1 Å². The molecule has 6 nitrogen and oxygen atoms in total. The quantitative estimate of drug-likeness (QED) is 0.747. The predicted octanol–water partition coefficient (Wildman–Crippen LogP) is 2.87. The lowest BCUT2D eigenvalue weighted by Gasteiger charge is -2.24. The van der Waals surface area contributed by atoms with Gasteiger partial charge in [0.15, 0.2) is 0 Å². The van der Waals surface area contributed by atoms with Gasteiger partial charge in [0.1, 0.15) is 18.1 Å². The molecule has 1 N–H and O–H groups in total. The third-order valence-electron chi connectivity index (χ3n) is 4.07. The summed E-state index contributed by atoms with van der Waals surface area (Å²) in [6, 6.07) is 12.4. The molecule has 2 rings (SSSR count). The van der Waals surface area contributed by atoms with E-state index < -0.39 is 28.3 Å². The van der Waals surface area contributed by atoms with Crippen molar-refractivity contribution < 1.29 is 22.3 Å². The SMILES string of the molecule is CC[C@@H](NC(=O)CN(c1ccccc1F)S(C)(=O)=O)c1ccc(OC)cc1. The van der Waals surface area contributed by atoms with Crippen molar-refractivity contribution in [2.45, 2.75) is 19.4 Å². The van der Waals surface area contributed by atoms with Gasteiger partial charge in [0, 0.05) is 0 Å². The van der Waals surface area contributed by atoms with Gasteiger partial charge in [-0.05, 0) is 36.2 Å². The van der Waals surface area contributed by atoms with E-state index in [1.54, 1.807) is 19.2 Å². The number of hydrogen-bond acceptors (Lipinski definition) is 4. The van der Waals surface area contributed by atoms with E-state index in [1.165, 1.54) is 18.2 Å². The van der Waals surface area contributed by atoms with E-state index in [0.717, 1.165) is 22.2 Å². The second-order valence-corrected chi connectivity index (χ2v) is 7.93. The fourth-order valence-corrected chi connectivity index (χ4v) is 3.52. The van der Waals surface area contributed by atoms with Crippen LogP contribution in [0.25, 0.3) is 0 Å². The van der Waals surface area contributed by atoms with Crippen molar-refractivity contribution in [3.05, 3.63) is 59.9 Å². The normalized spacial score (nSPS) is 12.3. The van der Waals surface area contributed by atoms with Crippen LogP contribution in [-0.4, -0.2) is 34.2 Å². The van der Waals surface area contributed by atoms with Crippen LogP contribution in [0.2, 0.25) is 0 Å². The molecule has 0 radical (unpaired) electrons. The van der Waals surface area contributed by atoms with E-state index in [9.17, 15) is 17.6 Å². The Morgan fingerprint density at radius 1 is 1.19 bits per heavy atom. The van der Waals surface area contributed by atoms with Gasteiger partial charge in [-0.3, -0.25) is 9.10 Å². The van der Waals surface area contributed by atoms with Crippen molar-refractivity contribution in [3.63, 3.8) is 0 Å². The molecule has 0 aromatic heterocycles. The lowest BCUT2D eigenvalue weighted by atomic mass is 10.0. The Hall–Kier alpha value is -2.61. The molecule has 0 aliphatic carbocycles. The van der Waals surface area contributed by atoms with Gasteiger partial charge < -0.3 is 10.1 Å². The average Bonchev–Trinajstić information content (AvgIpc) is 2.64.